The summed E-state index contributed by atoms with van der Waals surface area (Å²) >= 11 is 2.24. The van der Waals surface area contributed by atoms with Gasteiger partial charge in [0.15, 0.2) is 10.9 Å². The molecule has 1 aromatic carbocycles. The number of thiazole rings is 1. The minimum Gasteiger partial charge on any atom is -0.308 e. The van der Waals surface area contributed by atoms with Gasteiger partial charge in [0.05, 0.1) is 4.70 Å². The Labute approximate surface area is 199 Å². The third-order valence-corrected chi connectivity index (χ3v) is 9.86. The summed E-state index contributed by atoms with van der Waals surface area (Å²) in [6.07, 6.45) is 0.769. The van der Waals surface area contributed by atoms with E-state index in [2.05, 4.69) is 4.98 Å². The number of fused-ring (bicyclic) bond motifs is 1. The van der Waals surface area contributed by atoms with Crippen molar-refractivity contribution in [3.63, 3.8) is 0 Å². The Kier molecular flexibility index (Phi) is 7.10. The molecule has 1 aliphatic heterocycles. The van der Waals surface area contributed by atoms with Gasteiger partial charge in [0.1, 0.15) is 15.5 Å². The number of hydrogen-bond donors (Lipinski definition) is 0. The third kappa shape index (κ3) is 5.09. The Morgan fingerprint density at radius 2 is 1.94 bits per heavy atom. The first-order valence-electron chi connectivity index (χ1n) is 10.4. The predicted octanol–water partition coefficient (Wildman–Crippen LogP) is 3.63. The van der Waals surface area contributed by atoms with Crippen LogP contribution >= 0.6 is 22.7 Å². The highest BCUT2D eigenvalue weighted by Crippen LogP contribution is 2.33. The number of aromatic nitrogens is 1. The number of halogens is 2. The summed E-state index contributed by atoms with van der Waals surface area (Å²) in [5, 5.41) is 2.04. The number of amides is 1. The SMILES string of the molecule is CN(C)CCN(C(=O)C1CCN(S(=O)(=O)c2cccs2)CC1)c1nc2c(F)cc(F)cc2s1. The van der Waals surface area contributed by atoms with E-state index in [-0.39, 0.29) is 30.4 Å². The second-order valence-corrected chi connectivity index (χ2v) is 12.3. The zero-order valence-electron chi connectivity index (χ0n) is 18.2. The minimum atomic E-state index is -3.56. The maximum Gasteiger partial charge on any atom is 0.252 e. The lowest BCUT2D eigenvalue weighted by molar-refractivity contribution is -0.123. The number of carbonyl (C=O) groups excluding carboxylic acids is 1. The summed E-state index contributed by atoms with van der Waals surface area (Å²) in [5.41, 5.74) is 0.0379. The molecule has 3 heterocycles. The summed E-state index contributed by atoms with van der Waals surface area (Å²) in [4.78, 5) is 21.2. The van der Waals surface area contributed by atoms with Crippen LogP contribution in [0.25, 0.3) is 10.2 Å². The van der Waals surface area contributed by atoms with Crippen LogP contribution in [0.1, 0.15) is 12.8 Å². The van der Waals surface area contributed by atoms with Gasteiger partial charge in [-0.3, -0.25) is 9.69 Å². The molecule has 0 atom stereocenters. The monoisotopic (exact) mass is 514 g/mol. The first kappa shape index (κ1) is 24.1. The molecule has 12 heteroatoms. The molecule has 0 N–H and O–H groups in total. The van der Waals surface area contributed by atoms with Crippen molar-refractivity contribution in [3.05, 3.63) is 41.3 Å². The second-order valence-electron chi connectivity index (χ2n) is 8.13. The largest absolute Gasteiger partial charge is 0.308 e. The zero-order valence-corrected chi connectivity index (χ0v) is 20.7. The van der Waals surface area contributed by atoms with Gasteiger partial charge in [0.25, 0.3) is 10.0 Å². The van der Waals surface area contributed by atoms with Gasteiger partial charge in [-0.15, -0.1) is 11.3 Å². The van der Waals surface area contributed by atoms with E-state index in [0.717, 1.165) is 17.4 Å². The standard InChI is InChI=1S/C21H24F2N4O3S3/c1-25(2)9-10-27(21-24-19-16(23)12-15(22)13-17(19)32-21)20(28)14-5-7-26(8-6-14)33(29,30)18-4-3-11-31-18/h3-4,11-14H,5-10H2,1-2H3. The van der Waals surface area contributed by atoms with Crippen LogP contribution in [0.3, 0.4) is 0 Å². The fourth-order valence-corrected chi connectivity index (χ4v) is 7.41. The topological polar surface area (TPSA) is 73.8 Å². The first-order valence-corrected chi connectivity index (χ1v) is 13.6. The number of anilines is 1. The van der Waals surface area contributed by atoms with Crippen LogP contribution in [0.2, 0.25) is 0 Å². The number of carbonyl (C=O) groups is 1. The van der Waals surface area contributed by atoms with Crippen LogP contribution in [0, 0.1) is 17.6 Å². The van der Waals surface area contributed by atoms with Crippen molar-refractivity contribution in [2.24, 2.45) is 5.92 Å². The maximum absolute atomic E-state index is 14.2. The van der Waals surface area contributed by atoms with E-state index < -0.39 is 21.7 Å². The van der Waals surface area contributed by atoms with E-state index in [1.54, 1.807) is 17.5 Å². The van der Waals surface area contributed by atoms with E-state index in [1.807, 2.05) is 19.0 Å². The summed E-state index contributed by atoms with van der Waals surface area (Å²) in [6.45, 7) is 1.39. The highest BCUT2D eigenvalue weighted by Gasteiger charge is 2.35. The lowest BCUT2D eigenvalue weighted by Gasteiger charge is -2.33. The van der Waals surface area contributed by atoms with E-state index in [1.165, 1.54) is 26.6 Å². The van der Waals surface area contributed by atoms with E-state index in [9.17, 15) is 22.0 Å². The first-order chi connectivity index (χ1) is 15.7. The number of benzene rings is 1. The highest BCUT2D eigenvalue weighted by molar-refractivity contribution is 7.91. The lowest BCUT2D eigenvalue weighted by atomic mass is 9.96. The Balaban J connectivity index is 1.54. The van der Waals surface area contributed by atoms with Crippen LogP contribution in [0.15, 0.2) is 33.9 Å². The summed E-state index contributed by atoms with van der Waals surface area (Å²) < 4.78 is 55.4. The molecule has 0 aliphatic carbocycles. The van der Waals surface area contributed by atoms with Crippen LogP contribution in [0.5, 0.6) is 0 Å². The average molecular weight is 515 g/mol. The van der Waals surface area contributed by atoms with Crippen molar-refractivity contribution in [1.82, 2.24) is 14.2 Å². The Bertz CT molecular complexity index is 1240. The van der Waals surface area contributed by atoms with Gasteiger partial charge in [-0.05, 0) is 44.4 Å². The molecule has 4 rings (SSSR count). The van der Waals surface area contributed by atoms with E-state index in [4.69, 9.17) is 0 Å². The van der Waals surface area contributed by atoms with Gasteiger partial charge >= 0.3 is 0 Å². The predicted molar refractivity (Wildman–Crippen MR) is 126 cm³/mol. The number of sulfonamides is 1. The normalized spacial score (nSPS) is 16.0. The fraction of sp³-hybridized carbons (Fsp3) is 0.429. The van der Waals surface area contributed by atoms with Gasteiger partial charge in [0.2, 0.25) is 5.91 Å². The molecule has 0 radical (unpaired) electrons. The molecule has 0 bridgehead atoms. The molecule has 0 spiro atoms. The molecule has 1 fully saturated rings. The number of thiophene rings is 1. The number of rotatable bonds is 7. The maximum atomic E-state index is 14.2. The van der Waals surface area contributed by atoms with Crippen LogP contribution in [-0.4, -0.2) is 68.8 Å². The molecule has 178 valence electrons. The molecule has 33 heavy (non-hydrogen) atoms. The van der Waals surface area contributed by atoms with Gasteiger partial charge < -0.3 is 4.90 Å². The molecular formula is C21H24F2N4O3S3. The Hall–Kier alpha value is -1.99. The molecule has 1 amide bonds. The number of nitrogens with zero attached hydrogens (tertiary/aromatic N) is 4. The van der Waals surface area contributed by atoms with Crippen molar-refractivity contribution in [3.8, 4) is 0 Å². The quantitative estimate of drug-likeness (QED) is 0.482. The van der Waals surface area contributed by atoms with Crippen molar-refractivity contribution < 1.29 is 22.0 Å². The van der Waals surface area contributed by atoms with E-state index in [0.29, 0.717) is 40.0 Å². The van der Waals surface area contributed by atoms with Gasteiger partial charge in [-0.1, -0.05) is 17.4 Å². The third-order valence-electron chi connectivity index (χ3n) is 5.56. The van der Waals surface area contributed by atoms with Crippen molar-refractivity contribution >= 4 is 54.0 Å². The Morgan fingerprint density at radius 1 is 1.21 bits per heavy atom. The summed E-state index contributed by atoms with van der Waals surface area (Å²) in [6, 6.07) is 5.27. The van der Waals surface area contributed by atoms with E-state index >= 15 is 0 Å². The number of piperidine rings is 1. The molecular weight excluding hydrogens is 490 g/mol. The van der Waals surface area contributed by atoms with Crippen molar-refractivity contribution in [2.75, 3.05) is 45.2 Å². The molecule has 1 saturated heterocycles. The second kappa shape index (κ2) is 9.71. The van der Waals surface area contributed by atoms with Crippen LogP contribution in [0.4, 0.5) is 13.9 Å². The molecule has 3 aromatic rings. The highest BCUT2D eigenvalue weighted by atomic mass is 32.2. The fourth-order valence-electron chi connectivity index (χ4n) is 3.76. The van der Waals surface area contributed by atoms with Crippen molar-refractivity contribution in [2.45, 2.75) is 17.1 Å². The zero-order chi connectivity index (χ0) is 23.8. The summed E-state index contributed by atoms with van der Waals surface area (Å²) in [5.74, 6) is -2.01. The smallest absolute Gasteiger partial charge is 0.252 e. The lowest BCUT2D eigenvalue weighted by Crippen LogP contribution is -2.45. The molecule has 0 saturated carbocycles. The average Bonchev–Trinajstić information content (AvgIpc) is 3.44. The van der Waals surface area contributed by atoms with Crippen LogP contribution in [-0.2, 0) is 14.8 Å². The molecule has 1 aliphatic rings. The van der Waals surface area contributed by atoms with Crippen molar-refractivity contribution in [1.29, 1.82) is 0 Å². The Morgan fingerprint density at radius 3 is 2.58 bits per heavy atom. The van der Waals surface area contributed by atoms with Gasteiger partial charge in [-0.2, -0.15) is 4.31 Å². The van der Waals surface area contributed by atoms with Crippen LogP contribution < -0.4 is 4.90 Å². The number of likely N-dealkylation sites (N-methyl/N-ethyl adjacent to an activating group) is 1. The van der Waals surface area contributed by atoms with Gasteiger partial charge in [-0.25, -0.2) is 22.2 Å². The molecule has 2 aromatic heterocycles. The summed E-state index contributed by atoms with van der Waals surface area (Å²) in [7, 11) is 0.203. The molecule has 0 unspecified atom stereocenters. The minimum absolute atomic E-state index is 0.0379. The molecule has 7 nitrogen and oxygen atoms in total. The number of hydrogen-bond acceptors (Lipinski definition) is 7. The van der Waals surface area contributed by atoms with Gasteiger partial charge in [0, 0.05) is 38.2 Å².